The quantitative estimate of drug-likeness (QED) is 0.379. The van der Waals surface area contributed by atoms with Gasteiger partial charge in [-0.15, -0.1) is 5.10 Å². The Morgan fingerprint density at radius 2 is 1.85 bits per heavy atom. The second kappa shape index (κ2) is 13.4. The van der Waals surface area contributed by atoms with Crippen molar-refractivity contribution in [1.29, 1.82) is 0 Å². The zero-order valence-electron chi connectivity index (χ0n) is 20.3. The number of ether oxygens (including phenoxy) is 1. The lowest BCUT2D eigenvalue weighted by molar-refractivity contribution is -0.121. The lowest BCUT2D eigenvalue weighted by atomic mass is 10.0. The molecule has 0 spiro atoms. The molecule has 2 N–H and O–H groups in total. The van der Waals surface area contributed by atoms with E-state index in [4.69, 9.17) is 4.74 Å². The standard InChI is InChI=1S/C26H36N4O3/c1-6-33-24-9-7-8-23(26(24)32)14-15-27-28-25(31)19-30(5)17-16-29(4)18-21-10-12-22(13-11-21)20(2)3/h7-14,20,32H,6,16-19H2,1-5H3,(H,28,31). The monoisotopic (exact) mass is 452 g/mol. The third kappa shape index (κ3) is 9.10. The van der Waals surface area contributed by atoms with Gasteiger partial charge in [0.25, 0.3) is 5.91 Å². The van der Waals surface area contributed by atoms with Gasteiger partial charge < -0.3 is 14.7 Å². The number of nitrogens with zero attached hydrogens (tertiary/aromatic N) is 3. The van der Waals surface area contributed by atoms with E-state index in [0.717, 1.165) is 19.6 Å². The van der Waals surface area contributed by atoms with Crippen LogP contribution in [0.2, 0.25) is 0 Å². The zero-order valence-corrected chi connectivity index (χ0v) is 20.3. The lowest BCUT2D eigenvalue weighted by Gasteiger charge is -2.21. The number of benzene rings is 2. The molecular weight excluding hydrogens is 416 g/mol. The van der Waals surface area contributed by atoms with Crippen LogP contribution in [0.4, 0.5) is 0 Å². The van der Waals surface area contributed by atoms with Crippen LogP contribution in [0.25, 0.3) is 6.08 Å². The van der Waals surface area contributed by atoms with Gasteiger partial charge in [0.1, 0.15) is 0 Å². The lowest BCUT2D eigenvalue weighted by Crippen LogP contribution is -2.37. The van der Waals surface area contributed by atoms with Crippen LogP contribution in [0, 0.1) is 0 Å². The first kappa shape index (κ1) is 26.1. The van der Waals surface area contributed by atoms with Crippen molar-refractivity contribution in [2.24, 2.45) is 5.10 Å². The third-order valence-corrected chi connectivity index (χ3v) is 5.17. The summed E-state index contributed by atoms with van der Waals surface area (Å²) in [5, 5.41) is 14.0. The van der Waals surface area contributed by atoms with Crippen LogP contribution in [0.3, 0.4) is 0 Å². The van der Waals surface area contributed by atoms with Crippen molar-refractivity contribution >= 4 is 17.9 Å². The van der Waals surface area contributed by atoms with Gasteiger partial charge in [0.05, 0.1) is 13.2 Å². The molecule has 0 radical (unpaired) electrons. The summed E-state index contributed by atoms with van der Waals surface area (Å²) in [6.45, 7) is 9.39. The molecule has 0 heterocycles. The van der Waals surface area contributed by atoms with E-state index in [1.54, 1.807) is 18.2 Å². The maximum absolute atomic E-state index is 12.1. The number of hydrogen-bond donors (Lipinski definition) is 2. The molecule has 2 aromatic rings. The summed E-state index contributed by atoms with van der Waals surface area (Å²) >= 11 is 0. The highest BCUT2D eigenvalue weighted by atomic mass is 16.5. The molecule has 0 aliphatic heterocycles. The van der Waals surface area contributed by atoms with Gasteiger partial charge >= 0.3 is 0 Å². The number of amides is 1. The maximum Gasteiger partial charge on any atom is 0.254 e. The predicted molar refractivity (Wildman–Crippen MR) is 134 cm³/mol. The fraction of sp³-hybridized carbons (Fsp3) is 0.423. The second-order valence-corrected chi connectivity index (χ2v) is 8.42. The van der Waals surface area contributed by atoms with E-state index >= 15 is 0 Å². The highest BCUT2D eigenvalue weighted by Crippen LogP contribution is 2.30. The van der Waals surface area contributed by atoms with Crippen LogP contribution in [-0.2, 0) is 11.3 Å². The summed E-state index contributed by atoms with van der Waals surface area (Å²) in [5.41, 5.74) is 5.60. The SMILES string of the molecule is CCOc1cccc(C=C=NNC(=O)CN(C)CCN(C)Cc2ccc(C(C)C)cc2)c1O. The smallest absolute Gasteiger partial charge is 0.254 e. The molecular formula is C26H36N4O3. The molecule has 33 heavy (non-hydrogen) atoms. The van der Waals surface area contributed by atoms with E-state index < -0.39 is 0 Å². The fourth-order valence-corrected chi connectivity index (χ4v) is 3.22. The number of likely N-dealkylation sites (N-methyl/N-ethyl adjacent to an activating group) is 2. The van der Waals surface area contributed by atoms with Crippen molar-refractivity contribution in [1.82, 2.24) is 15.2 Å². The van der Waals surface area contributed by atoms with E-state index in [-0.39, 0.29) is 18.2 Å². The van der Waals surface area contributed by atoms with Crippen molar-refractivity contribution < 1.29 is 14.6 Å². The Balaban J connectivity index is 1.74. The van der Waals surface area contributed by atoms with Gasteiger partial charge in [-0.3, -0.25) is 9.69 Å². The highest BCUT2D eigenvalue weighted by Gasteiger charge is 2.08. The molecule has 7 heteroatoms. The highest BCUT2D eigenvalue weighted by molar-refractivity contribution is 5.83. The fourth-order valence-electron chi connectivity index (χ4n) is 3.22. The van der Waals surface area contributed by atoms with E-state index in [0.29, 0.717) is 23.8 Å². The van der Waals surface area contributed by atoms with Crippen LogP contribution in [0.5, 0.6) is 11.5 Å². The van der Waals surface area contributed by atoms with Gasteiger partial charge in [-0.25, -0.2) is 5.43 Å². The van der Waals surface area contributed by atoms with E-state index in [9.17, 15) is 9.90 Å². The van der Waals surface area contributed by atoms with Crippen LogP contribution >= 0.6 is 0 Å². The molecule has 0 saturated heterocycles. The van der Waals surface area contributed by atoms with E-state index in [1.807, 2.05) is 18.9 Å². The number of aromatic hydroxyl groups is 1. The minimum absolute atomic E-state index is 0.0214. The molecule has 0 aliphatic rings. The number of phenolic OH excluding ortho intramolecular Hbond substituents is 1. The molecule has 0 saturated carbocycles. The van der Waals surface area contributed by atoms with Crippen molar-refractivity contribution in [3.05, 3.63) is 59.2 Å². The molecule has 0 bridgehead atoms. The van der Waals surface area contributed by atoms with E-state index in [2.05, 4.69) is 66.5 Å². The number of nitrogens with one attached hydrogen (secondary N) is 1. The molecule has 0 atom stereocenters. The molecule has 0 aromatic heterocycles. The predicted octanol–water partition coefficient (Wildman–Crippen LogP) is 3.69. The van der Waals surface area contributed by atoms with Crippen LogP contribution in [-0.4, -0.2) is 67.0 Å². The first-order chi connectivity index (χ1) is 15.8. The molecule has 178 valence electrons. The molecule has 2 rings (SSSR count). The Morgan fingerprint density at radius 3 is 2.52 bits per heavy atom. The average molecular weight is 453 g/mol. The van der Waals surface area contributed by atoms with Gasteiger partial charge in [0.15, 0.2) is 11.5 Å². The minimum Gasteiger partial charge on any atom is -0.504 e. The summed E-state index contributed by atoms with van der Waals surface area (Å²) in [7, 11) is 3.98. The molecule has 1 amide bonds. The van der Waals surface area contributed by atoms with Crippen molar-refractivity contribution in [2.75, 3.05) is 40.3 Å². The molecule has 0 aliphatic carbocycles. The van der Waals surface area contributed by atoms with Gasteiger partial charge in [-0.2, -0.15) is 0 Å². The van der Waals surface area contributed by atoms with Crippen molar-refractivity contribution in [3.8, 4) is 11.5 Å². The molecule has 0 fully saturated rings. The average Bonchev–Trinajstić information content (AvgIpc) is 2.78. The van der Waals surface area contributed by atoms with Gasteiger partial charge in [0, 0.05) is 37.1 Å². The number of hydrazone groups is 1. The number of para-hydroxylation sites is 1. The maximum atomic E-state index is 12.1. The van der Waals surface area contributed by atoms with Gasteiger partial charge in [-0.1, -0.05) is 50.2 Å². The largest absolute Gasteiger partial charge is 0.504 e. The summed E-state index contributed by atoms with van der Waals surface area (Å²) in [4.78, 5) is 16.3. The summed E-state index contributed by atoms with van der Waals surface area (Å²) in [6, 6.07) is 13.9. The minimum atomic E-state index is -0.224. The Bertz CT molecular complexity index is 951. The third-order valence-electron chi connectivity index (χ3n) is 5.17. The van der Waals surface area contributed by atoms with Crippen molar-refractivity contribution in [3.63, 3.8) is 0 Å². The molecule has 7 nitrogen and oxygen atoms in total. The first-order valence-corrected chi connectivity index (χ1v) is 11.3. The van der Waals surface area contributed by atoms with Crippen LogP contribution in [0.15, 0.2) is 47.6 Å². The summed E-state index contributed by atoms with van der Waals surface area (Å²) in [6.07, 6.45) is 1.49. The molecule has 0 unspecified atom stereocenters. The Morgan fingerprint density at radius 1 is 1.15 bits per heavy atom. The first-order valence-electron chi connectivity index (χ1n) is 11.3. The summed E-state index contributed by atoms with van der Waals surface area (Å²) < 4.78 is 5.34. The second-order valence-electron chi connectivity index (χ2n) is 8.42. The van der Waals surface area contributed by atoms with Crippen LogP contribution < -0.4 is 10.2 Å². The van der Waals surface area contributed by atoms with Gasteiger partial charge in [-0.05, 0) is 44.1 Å². The number of rotatable bonds is 12. The van der Waals surface area contributed by atoms with E-state index in [1.165, 1.54) is 17.2 Å². The number of carbonyl (C=O) groups excluding carboxylic acids is 1. The normalized spacial score (nSPS) is 10.9. The number of phenols is 1. The Hall–Kier alpha value is -3.12. The summed E-state index contributed by atoms with van der Waals surface area (Å²) in [5.74, 6) is 3.36. The number of carbonyl (C=O) groups is 1. The van der Waals surface area contributed by atoms with Crippen molar-refractivity contribution in [2.45, 2.75) is 33.2 Å². The molecule has 2 aromatic carbocycles. The Kier molecular flexibility index (Phi) is 10.6. The zero-order chi connectivity index (χ0) is 24.2. The van der Waals surface area contributed by atoms with Crippen LogP contribution in [0.1, 0.15) is 43.4 Å². The van der Waals surface area contributed by atoms with Gasteiger partial charge in [0.2, 0.25) is 0 Å². The Labute approximate surface area is 197 Å². The number of hydrogen-bond acceptors (Lipinski definition) is 6. The topological polar surface area (TPSA) is 77.4 Å².